The van der Waals surface area contributed by atoms with Gasteiger partial charge in [0.25, 0.3) is 0 Å². The Hall–Kier alpha value is -1.41. The van der Waals surface area contributed by atoms with Gasteiger partial charge in [0.05, 0.1) is 16.4 Å². The Morgan fingerprint density at radius 1 is 1.58 bits per heavy atom. The average molecular weight is 327 g/mol. The second-order valence-electron chi connectivity index (χ2n) is 4.76. The van der Waals surface area contributed by atoms with E-state index in [1.807, 2.05) is 0 Å². The van der Waals surface area contributed by atoms with Gasteiger partial charge in [0.15, 0.2) is 0 Å². The summed E-state index contributed by atoms with van der Waals surface area (Å²) < 4.78 is 0.812. The first-order chi connectivity index (χ1) is 9.20. The highest BCUT2D eigenvalue weighted by Crippen LogP contribution is 2.34. The summed E-state index contributed by atoms with van der Waals surface area (Å²) in [5.74, 6) is 6.72. The molecule has 2 aliphatic rings. The van der Waals surface area contributed by atoms with E-state index in [0.29, 0.717) is 12.5 Å². The Balaban J connectivity index is 1.94. The summed E-state index contributed by atoms with van der Waals surface area (Å²) in [6, 6.07) is 0.165. The fourth-order valence-electron chi connectivity index (χ4n) is 2.84. The van der Waals surface area contributed by atoms with Crippen LogP contribution in [0.1, 0.15) is 12.8 Å². The van der Waals surface area contributed by atoms with Crippen LogP contribution in [0.25, 0.3) is 0 Å². The Morgan fingerprint density at radius 2 is 2.42 bits per heavy atom. The summed E-state index contributed by atoms with van der Waals surface area (Å²) in [4.78, 5) is 22.4. The van der Waals surface area contributed by atoms with Crippen LogP contribution in [0.2, 0.25) is 0 Å². The number of fused-ring (bicyclic) bond motifs is 1. The predicted molar refractivity (Wildman–Crippen MR) is 74.4 cm³/mol. The van der Waals surface area contributed by atoms with Crippen molar-refractivity contribution in [2.24, 2.45) is 11.8 Å². The zero-order valence-corrected chi connectivity index (χ0v) is 11.9. The van der Waals surface area contributed by atoms with Crippen molar-refractivity contribution in [1.82, 2.24) is 15.3 Å². The summed E-state index contributed by atoms with van der Waals surface area (Å²) >= 11 is 3.47. The number of rotatable bonds is 2. The number of hydrazine groups is 1. The molecule has 3 heterocycles. The van der Waals surface area contributed by atoms with Gasteiger partial charge in [0, 0.05) is 19.3 Å². The molecule has 102 valence electrons. The number of piperidine rings is 1. The van der Waals surface area contributed by atoms with Crippen molar-refractivity contribution in [3.8, 4) is 0 Å². The number of anilines is 2. The van der Waals surface area contributed by atoms with Crippen LogP contribution in [0.15, 0.2) is 10.7 Å². The van der Waals surface area contributed by atoms with Gasteiger partial charge in [-0.1, -0.05) is 0 Å². The topological polar surface area (TPSA) is 96.2 Å². The second kappa shape index (κ2) is 4.93. The van der Waals surface area contributed by atoms with Gasteiger partial charge in [-0.3, -0.25) is 10.2 Å². The highest BCUT2D eigenvalue weighted by molar-refractivity contribution is 9.10. The zero-order valence-electron chi connectivity index (χ0n) is 10.3. The monoisotopic (exact) mass is 326 g/mol. The number of halogens is 1. The summed E-state index contributed by atoms with van der Waals surface area (Å²) in [7, 11) is 0. The number of nitrogens with one attached hydrogen (secondary N) is 2. The van der Waals surface area contributed by atoms with Crippen LogP contribution in [-0.2, 0) is 4.79 Å². The minimum Gasteiger partial charge on any atom is -0.354 e. The lowest BCUT2D eigenvalue weighted by Gasteiger charge is -2.37. The molecule has 19 heavy (non-hydrogen) atoms. The molecule has 0 aliphatic carbocycles. The normalized spacial score (nSPS) is 26.0. The molecule has 2 aliphatic heterocycles. The van der Waals surface area contributed by atoms with Crippen molar-refractivity contribution in [2.75, 3.05) is 23.4 Å². The number of carbonyl (C=O) groups excluding carboxylic acids is 1. The van der Waals surface area contributed by atoms with Gasteiger partial charge in [-0.05, 0) is 28.8 Å². The Bertz CT molecular complexity index is 510. The third-order valence-electron chi connectivity index (χ3n) is 3.73. The maximum Gasteiger partial charge on any atom is 0.239 e. The number of aromatic nitrogens is 2. The molecule has 0 spiro atoms. The molecule has 2 unspecified atom stereocenters. The first-order valence-corrected chi connectivity index (χ1v) is 7.03. The molecule has 1 aromatic heterocycles. The molecule has 2 saturated heterocycles. The molecular formula is C11H15BrN6O. The summed E-state index contributed by atoms with van der Waals surface area (Å²) in [6.45, 7) is 1.56. The maximum atomic E-state index is 11.8. The van der Waals surface area contributed by atoms with Crippen LogP contribution in [0.5, 0.6) is 0 Å². The van der Waals surface area contributed by atoms with Crippen LogP contribution in [0.4, 0.5) is 11.8 Å². The van der Waals surface area contributed by atoms with E-state index in [-0.39, 0.29) is 17.9 Å². The Labute approximate surface area is 119 Å². The lowest BCUT2D eigenvalue weighted by molar-refractivity contribution is -0.122. The Kier molecular flexibility index (Phi) is 3.28. The SMILES string of the molecule is NNc1ncc(Br)c(N2CCCC3C(=O)NCC32)n1. The van der Waals surface area contributed by atoms with Crippen LogP contribution >= 0.6 is 15.9 Å². The third kappa shape index (κ3) is 2.14. The first kappa shape index (κ1) is 12.6. The number of nitrogens with two attached hydrogens (primary N) is 1. The molecule has 8 heteroatoms. The van der Waals surface area contributed by atoms with Gasteiger partial charge < -0.3 is 10.2 Å². The van der Waals surface area contributed by atoms with Gasteiger partial charge in [0.1, 0.15) is 5.82 Å². The Morgan fingerprint density at radius 3 is 3.21 bits per heavy atom. The summed E-state index contributed by atoms with van der Waals surface area (Å²) in [5.41, 5.74) is 2.45. The van der Waals surface area contributed by atoms with Gasteiger partial charge in [-0.2, -0.15) is 4.98 Å². The van der Waals surface area contributed by atoms with E-state index < -0.39 is 0 Å². The van der Waals surface area contributed by atoms with Crippen molar-refractivity contribution in [1.29, 1.82) is 0 Å². The molecule has 0 bridgehead atoms. The molecule has 0 radical (unpaired) electrons. The zero-order chi connectivity index (χ0) is 13.4. The molecule has 2 atom stereocenters. The average Bonchev–Trinajstić information content (AvgIpc) is 2.81. The van der Waals surface area contributed by atoms with E-state index in [0.717, 1.165) is 29.7 Å². The van der Waals surface area contributed by atoms with E-state index in [9.17, 15) is 4.79 Å². The number of hydrogen-bond acceptors (Lipinski definition) is 6. The molecule has 0 aromatic carbocycles. The van der Waals surface area contributed by atoms with Crippen LogP contribution < -0.4 is 21.5 Å². The molecule has 4 N–H and O–H groups in total. The molecule has 7 nitrogen and oxygen atoms in total. The van der Waals surface area contributed by atoms with Crippen LogP contribution in [0.3, 0.4) is 0 Å². The van der Waals surface area contributed by atoms with Crippen molar-refractivity contribution >= 4 is 33.6 Å². The molecule has 2 fully saturated rings. The predicted octanol–water partition coefficient (Wildman–Crippen LogP) is 0.239. The van der Waals surface area contributed by atoms with E-state index in [1.54, 1.807) is 6.20 Å². The highest BCUT2D eigenvalue weighted by atomic mass is 79.9. The van der Waals surface area contributed by atoms with Gasteiger partial charge in [-0.25, -0.2) is 10.8 Å². The number of amides is 1. The third-order valence-corrected chi connectivity index (χ3v) is 4.29. The lowest BCUT2D eigenvalue weighted by Crippen LogP contribution is -2.46. The van der Waals surface area contributed by atoms with E-state index >= 15 is 0 Å². The molecule has 3 rings (SSSR count). The fraction of sp³-hybridized carbons (Fsp3) is 0.545. The molecular weight excluding hydrogens is 312 g/mol. The number of nitrogen functional groups attached to an aromatic ring is 1. The van der Waals surface area contributed by atoms with E-state index in [1.165, 1.54) is 0 Å². The number of nitrogens with zero attached hydrogens (tertiary/aromatic N) is 3. The van der Waals surface area contributed by atoms with Gasteiger partial charge in [0.2, 0.25) is 11.9 Å². The summed E-state index contributed by atoms with van der Waals surface area (Å²) in [5, 5.41) is 2.93. The van der Waals surface area contributed by atoms with E-state index in [4.69, 9.17) is 5.84 Å². The number of hydrogen-bond donors (Lipinski definition) is 3. The van der Waals surface area contributed by atoms with Crippen molar-refractivity contribution in [3.63, 3.8) is 0 Å². The highest BCUT2D eigenvalue weighted by Gasteiger charge is 2.41. The van der Waals surface area contributed by atoms with Crippen molar-refractivity contribution in [3.05, 3.63) is 10.7 Å². The first-order valence-electron chi connectivity index (χ1n) is 6.24. The quantitative estimate of drug-likeness (QED) is 0.532. The van der Waals surface area contributed by atoms with Gasteiger partial charge in [-0.15, -0.1) is 0 Å². The minimum atomic E-state index is 0.0601. The maximum absolute atomic E-state index is 11.8. The largest absolute Gasteiger partial charge is 0.354 e. The second-order valence-corrected chi connectivity index (χ2v) is 5.62. The lowest BCUT2D eigenvalue weighted by atomic mass is 9.91. The minimum absolute atomic E-state index is 0.0601. The van der Waals surface area contributed by atoms with Crippen LogP contribution in [-0.4, -0.2) is 35.0 Å². The van der Waals surface area contributed by atoms with Crippen molar-refractivity contribution < 1.29 is 4.79 Å². The smallest absolute Gasteiger partial charge is 0.239 e. The van der Waals surface area contributed by atoms with Crippen molar-refractivity contribution in [2.45, 2.75) is 18.9 Å². The van der Waals surface area contributed by atoms with Crippen LogP contribution in [0, 0.1) is 5.92 Å². The molecule has 1 amide bonds. The fourth-order valence-corrected chi connectivity index (χ4v) is 3.26. The number of carbonyl (C=O) groups is 1. The van der Waals surface area contributed by atoms with E-state index in [2.05, 4.69) is 41.5 Å². The standard InChI is InChI=1S/C11H15BrN6O/c12-7-4-15-11(17-13)16-9(7)18-3-1-2-6-8(18)5-14-10(6)19/h4,6,8H,1-3,5,13H2,(H,14,19)(H,15,16,17). The van der Waals surface area contributed by atoms with Gasteiger partial charge >= 0.3 is 0 Å². The molecule has 0 saturated carbocycles. The molecule has 1 aromatic rings. The summed E-state index contributed by atoms with van der Waals surface area (Å²) in [6.07, 6.45) is 3.60.